The molecule has 5 rings (SSSR count). The molecule has 3 heterocycles. The fourth-order valence-corrected chi connectivity index (χ4v) is 5.68. The van der Waals surface area contributed by atoms with Gasteiger partial charge in [0.1, 0.15) is 29.6 Å². The lowest BCUT2D eigenvalue weighted by Gasteiger charge is -2.27. The topological polar surface area (TPSA) is 120 Å². The number of ether oxygens (including phenoxy) is 2. The quantitative estimate of drug-likeness (QED) is 0.437. The van der Waals surface area contributed by atoms with E-state index in [0.717, 1.165) is 22.3 Å². The zero-order valence-corrected chi connectivity index (χ0v) is 24.1. The van der Waals surface area contributed by atoms with Crippen LogP contribution in [0.3, 0.4) is 0 Å². The molecule has 1 saturated heterocycles. The van der Waals surface area contributed by atoms with Crippen molar-refractivity contribution in [1.29, 1.82) is 0 Å². The summed E-state index contributed by atoms with van der Waals surface area (Å²) >= 11 is -1.66. The van der Waals surface area contributed by atoms with E-state index in [-0.39, 0.29) is 43.9 Å². The van der Waals surface area contributed by atoms with Crippen molar-refractivity contribution in [2.24, 2.45) is 0 Å². The van der Waals surface area contributed by atoms with Crippen LogP contribution in [0.25, 0.3) is 11.3 Å². The molecular weight excluding hydrogens is 530 g/mol. The Morgan fingerprint density at radius 1 is 1.07 bits per heavy atom. The molecule has 0 radical (unpaired) electrons. The molecular formula is C29H33N5O5S. The normalized spacial score (nSPS) is 19.3. The van der Waals surface area contributed by atoms with Crippen LogP contribution in [0.5, 0.6) is 5.88 Å². The molecule has 40 heavy (non-hydrogen) atoms. The third-order valence-corrected chi connectivity index (χ3v) is 7.63. The number of hydrogen-bond acceptors (Lipinski definition) is 8. The maximum Gasteiger partial charge on any atom is 0.410 e. The highest BCUT2D eigenvalue weighted by Crippen LogP contribution is 2.30. The minimum atomic E-state index is -1.66. The number of fused-ring (bicyclic) bond motifs is 6. The van der Waals surface area contributed by atoms with Crippen LogP contribution in [0.4, 0.5) is 10.7 Å². The first-order valence-electron chi connectivity index (χ1n) is 13.1. The molecule has 2 unspecified atom stereocenters. The molecule has 2 aromatic carbocycles. The lowest BCUT2D eigenvalue weighted by atomic mass is 10.00. The molecule has 0 saturated carbocycles. The molecule has 1 N–H and O–H groups in total. The Morgan fingerprint density at radius 3 is 2.52 bits per heavy atom. The molecule has 2 atom stereocenters. The van der Waals surface area contributed by atoms with Crippen molar-refractivity contribution >= 4 is 29.3 Å². The molecule has 1 fully saturated rings. The number of nitrogens with one attached hydrogen (secondary N) is 1. The predicted molar refractivity (Wildman–Crippen MR) is 151 cm³/mol. The zero-order valence-electron chi connectivity index (χ0n) is 23.3. The van der Waals surface area contributed by atoms with Gasteiger partial charge in [-0.2, -0.15) is 9.71 Å². The van der Waals surface area contributed by atoms with Gasteiger partial charge < -0.3 is 18.9 Å². The summed E-state index contributed by atoms with van der Waals surface area (Å²) in [5.74, 6) is 0.140. The predicted octanol–water partition coefficient (Wildman–Crippen LogP) is 4.24. The molecule has 6 bridgehead atoms. The minimum absolute atomic E-state index is 0.120. The van der Waals surface area contributed by atoms with E-state index in [1.165, 1.54) is 4.90 Å². The number of anilines is 1. The number of hydrogen-bond donors (Lipinski definition) is 1. The second-order valence-electron chi connectivity index (χ2n) is 11.1. The lowest BCUT2D eigenvalue weighted by molar-refractivity contribution is -0.132. The van der Waals surface area contributed by atoms with Gasteiger partial charge in [-0.05, 0) is 57.4 Å². The van der Waals surface area contributed by atoms with Gasteiger partial charge in [0.25, 0.3) is 5.95 Å². The van der Waals surface area contributed by atoms with Crippen molar-refractivity contribution in [2.75, 3.05) is 24.4 Å². The maximum absolute atomic E-state index is 13.4. The Hall–Kier alpha value is -3.83. The Kier molecular flexibility index (Phi) is 7.61. The third kappa shape index (κ3) is 6.31. The van der Waals surface area contributed by atoms with Crippen LogP contribution >= 0.6 is 0 Å². The summed E-state index contributed by atoms with van der Waals surface area (Å²) in [6, 6.07) is 14.9. The van der Waals surface area contributed by atoms with E-state index in [2.05, 4.69) is 14.7 Å². The third-order valence-electron chi connectivity index (χ3n) is 6.58. The molecule has 10 nitrogen and oxygen atoms in total. The molecule has 2 aliphatic rings. The van der Waals surface area contributed by atoms with Gasteiger partial charge in [0.15, 0.2) is 4.90 Å². The summed E-state index contributed by atoms with van der Waals surface area (Å²) in [6.45, 7) is 9.80. The van der Waals surface area contributed by atoms with Crippen molar-refractivity contribution in [2.45, 2.75) is 57.8 Å². The fourth-order valence-electron chi connectivity index (χ4n) is 4.84. The van der Waals surface area contributed by atoms with E-state index in [9.17, 15) is 14.1 Å². The number of rotatable bonds is 1. The monoisotopic (exact) mass is 563 g/mol. The first-order chi connectivity index (χ1) is 18.9. The summed E-state index contributed by atoms with van der Waals surface area (Å²) in [4.78, 5) is 39.2. The number of carbonyl (C=O) groups is 2. The standard InChI is InChI=1S/C29H33N5O5S/c1-18-8-6-9-19(2)26(18)23-13-24-31-27(30-23)32-40(37)22-11-7-10-20(12-22)14-33-15-21(38-24)16-34(17-25(33)35)28(36)39-29(3,4)5/h6-13,21H,14-17H2,1-5H3,(H,30,31,32). The summed E-state index contributed by atoms with van der Waals surface area (Å²) in [6.07, 6.45) is -1.20. The highest BCUT2D eigenvalue weighted by molar-refractivity contribution is 7.92. The van der Waals surface area contributed by atoms with Gasteiger partial charge >= 0.3 is 6.09 Å². The maximum atomic E-state index is 13.4. The highest BCUT2D eigenvalue weighted by Gasteiger charge is 2.34. The first kappa shape index (κ1) is 27.7. The van der Waals surface area contributed by atoms with Crippen LogP contribution in [0.15, 0.2) is 53.4 Å². The van der Waals surface area contributed by atoms with Gasteiger partial charge in [0.2, 0.25) is 11.8 Å². The molecule has 3 aromatic rings. The Labute approximate surface area is 237 Å². The van der Waals surface area contributed by atoms with Crippen LogP contribution in [0.2, 0.25) is 0 Å². The van der Waals surface area contributed by atoms with Gasteiger partial charge in [-0.25, -0.2) is 9.78 Å². The van der Waals surface area contributed by atoms with E-state index in [4.69, 9.17) is 9.47 Å². The largest absolute Gasteiger partial charge is 0.588 e. The summed E-state index contributed by atoms with van der Waals surface area (Å²) < 4.78 is 28.2. The minimum Gasteiger partial charge on any atom is -0.588 e. The van der Waals surface area contributed by atoms with E-state index >= 15 is 0 Å². The summed E-state index contributed by atoms with van der Waals surface area (Å²) in [5, 5.41) is 0. The first-order valence-corrected chi connectivity index (χ1v) is 14.3. The van der Waals surface area contributed by atoms with Crippen molar-refractivity contribution in [3.05, 3.63) is 65.2 Å². The number of benzene rings is 2. The average molecular weight is 564 g/mol. The zero-order chi connectivity index (χ0) is 28.6. The highest BCUT2D eigenvalue weighted by atomic mass is 32.2. The number of nitrogens with zero attached hydrogens (tertiary/aromatic N) is 4. The summed E-state index contributed by atoms with van der Waals surface area (Å²) in [7, 11) is 0. The molecule has 2 aliphatic heterocycles. The van der Waals surface area contributed by atoms with Crippen molar-refractivity contribution in [3.63, 3.8) is 0 Å². The summed E-state index contributed by atoms with van der Waals surface area (Å²) in [5.41, 5.74) is 3.64. The van der Waals surface area contributed by atoms with Gasteiger partial charge in [0, 0.05) is 24.2 Å². The van der Waals surface area contributed by atoms with E-state index in [1.807, 2.05) is 38.1 Å². The van der Waals surface area contributed by atoms with Crippen LogP contribution in [0, 0.1) is 13.8 Å². The number of aryl methyl sites for hydroxylation is 2. The van der Waals surface area contributed by atoms with Gasteiger partial charge in [0.05, 0.1) is 18.8 Å². The number of aromatic nitrogens is 2. The second-order valence-corrected chi connectivity index (χ2v) is 12.3. The molecule has 2 amide bonds. The van der Waals surface area contributed by atoms with Gasteiger partial charge in [-0.15, -0.1) is 0 Å². The molecule has 1 aromatic heterocycles. The van der Waals surface area contributed by atoms with E-state index in [1.54, 1.807) is 49.9 Å². The lowest BCUT2D eigenvalue weighted by Crippen LogP contribution is -2.43. The molecule has 0 aliphatic carbocycles. The average Bonchev–Trinajstić information content (AvgIpc) is 3.01. The van der Waals surface area contributed by atoms with Crippen molar-refractivity contribution < 1.29 is 23.6 Å². The van der Waals surface area contributed by atoms with Crippen LogP contribution in [0.1, 0.15) is 37.5 Å². The van der Waals surface area contributed by atoms with Crippen LogP contribution in [-0.4, -0.2) is 67.7 Å². The SMILES string of the molecule is Cc1cccc(C)c1-c1cc2nc(n1)N[S+]([O-])c1cccc(c1)CN1CC(CN(C(=O)OC(C)(C)C)CC1=O)O2. The molecule has 0 spiro atoms. The Balaban J connectivity index is 1.59. The van der Waals surface area contributed by atoms with Crippen molar-refractivity contribution in [3.8, 4) is 17.1 Å². The van der Waals surface area contributed by atoms with E-state index < -0.39 is 29.2 Å². The Bertz CT molecular complexity index is 1420. The number of carbonyl (C=O) groups excluding carboxylic acids is 2. The van der Waals surface area contributed by atoms with Gasteiger partial charge in [-0.1, -0.05) is 30.3 Å². The smallest absolute Gasteiger partial charge is 0.410 e. The van der Waals surface area contributed by atoms with E-state index in [0.29, 0.717) is 10.6 Å². The van der Waals surface area contributed by atoms with Crippen molar-refractivity contribution in [1.82, 2.24) is 19.8 Å². The molecule has 210 valence electrons. The van der Waals surface area contributed by atoms with Gasteiger partial charge in [-0.3, -0.25) is 9.69 Å². The number of amides is 2. The fraction of sp³-hybridized carbons (Fsp3) is 0.379. The van der Waals surface area contributed by atoms with Crippen LogP contribution < -0.4 is 9.46 Å². The van der Waals surface area contributed by atoms with Crippen LogP contribution in [-0.2, 0) is 27.4 Å². The second kappa shape index (κ2) is 11.0. The Morgan fingerprint density at radius 2 is 1.80 bits per heavy atom. The molecule has 11 heteroatoms.